The Bertz CT molecular complexity index is 1580. The number of Topliss-reactive ketones (excluding diaryl/α,β-unsaturated/α-hetero) is 1. The van der Waals surface area contributed by atoms with Crippen LogP contribution in [-0.2, 0) is 4.74 Å². The van der Waals surface area contributed by atoms with E-state index in [0.717, 1.165) is 4.90 Å². The van der Waals surface area contributed by atoms with E-state index in [1.807, 2.05) is 0 Å². The van der Waals surface area contributed by atoms with Gasteiger partial charge in [-0.25, -0.2) is 9.69 Å². The van der Waals surface area contributed by atoms with Gasteiger partial charge in [0, 0.05) is 23.3 Å². The van der Waals surface area contributed by atoms with Gasteiger partial charge < -0.3 is 4.74 Å². The summed E-state index contributed by atoms with van der Waals surface area (Å²) >= 11 is 0. The summed E-state index contributed by atoms with van der Waals surface area (Å²) in [5.74, 6) is -2.54. The van der Waals surface area contributed by atoms with Gasteiger partial charge >= 0.3 is 5.97 Å². The maximum atomic E-state index is 13.3. The molecule has 9 nitrogen and oxygen atoms in total. The van der Waals surface area contributed by atoms with Gasteiger partial charge in [-0.1, -0.05) is 48.5 Å². The number of amides is 2. The average Bonchev–Trinajstić information content (AvgIpc) is 3.21. The standard InChI is InChI=1S/C29H18N2O7/c32-25(18-7-3-1-4-8-18)26(19-11-14-22(15-12-19)31(36)37)38-29(35)20-13-16-23-24(17-20)28(34)30(27(23)33)21-9-5-2-6-10-21/h1-17,26H/t26-/m1/s1. The number of non-ortho nitro benzene ring substituents is 1. The molecule has 38 heavy (non-hydrogen) atoms. The van der Waals surface area contributed by atoms with Gasteiger partial charge in [0.05, 0.1) is 27.3 Å². The number of fused-ring (bicyclic) bond motifs is 1. The van der Waals surface area contributed by atoms with Crippen LogP contribution in [0, 0.1) is 10.1 Å². The minimum Gasteiger partial charge on any atom is -0.445 e. The Morgan fingerprint density at radius 2 is 1.34 bits per heavy atom. The quantitative estimate of drug-likeness (QED) is 0.111. The number of para-hydroxylation sites is 1. The molecule has 0 saturated carbocycles. The van der Waals surface area contributed by atoms with Gasteiger partial charge in [-0.05, 0) is 42.5 Å². The van der Waals surface area contributed by atoms with Crippen molar-refractivity contribution in [3.8, 4) is 0 Å². The van der Waals surface area contributed by atoms with Crippen molar-refractivity contribution in [3.63, 3.8) is 0 Å². The molecule has 0 fully saturated rings. The second-order valence-corrected chi connectivity index (χ2v) is 8.41. The molecule has 1 aliphatic heterocycles. The zero-order valence-electron chi connectivity index (χ0n) is 19.6. The predicted octanol–water partition coefficient (Wildman–Crippen LogP) is 5.18. The molecule has 9 heteroatoms. The number of carbonyl (C=O) groups is 4. The van der Waals surface area contributed by atoms with Crippen molar-refractivity contribution in [1.82, 2.24) is 0 Å². The summed E-state index contributed by atoms with van der Waals surface area (Å²) in [6.07, 6.45) is -1.41. The van der Waals surface area contributed by atoms with Crippen LogP contribution in [-0.4, -0.2) is 28.5 Å². The lowest BCUT2D eigenvalue weighted by Gasteiger charge is -2.17. The van der Waals surface area contributed by atoms with Crippen molar-refractivity contribution >= 4 is 34.9 Å². The van der Waals surface area contributed by atoms with Gasteiger partial charge in [0.15, 0.2) is 6.10 Å². The molecule has 4 aromatic carbocycles. The third-order valence-electron chi connectivity index (χ3n) is 6.06. The number of hydrogen-bond acceptors (Lipinski definition) is 7. The zero-order chi connectivity index (χ0) is 26.8. The molecule has 0 bridgehead atoms. The van der Waals surface area contributed by atoms with E-state index < -0.39 is 34.6 Å². The highest BCUT2D eigenvalue weighted by Crippen LogP contribution is 2.30. The lowest BCUT2D eigenvalue weighted by atomic mass is 9.99. The molecule has 2 amide bonds. The maximum Gasteiger partial charge on any atom is 0.339 e. The number of nitrogens with zero attached hydrogens (tertiary/aromatic N) is 2. The van der Waals surface area contributed by atoms with E-state index in [1.54, 1.807) is 60.7 Å². The van der Waals surface area contributed by atoms with Crippen molar-refractivity contribution in [1.29, 1.82) is 0 Å². The molecule has 0 saturated heterocycles. The molecule has 0 N–H and O–H groups in total. The van der Waals surface area contributed by atoms with E-state index >= 15 is 0 Å². The van der Waals surface area contributed by atoms with E-state index in [1.165, 1.54) is 42.5 Å². The highest BCUT2D eigenvalue weighted by atomic mass is 16.6. The number of ketones is 1. The number of esters is 1. The Balaban J connectivity index is 1.46. The first-order chi connectivity index (χ1) is 18.3. The largest absolute Gasteiger partial charge is 0.445 e. The third kappa shape index (κ3) is 4.44. The predicted molar refractivity (Wildman–Crippen MR) is 136 cm³/mol. The summed E-state index contributed by atoms with van der Waals surface area (Å²) in [6.45, 7) is 0. The van der Waals surface area contributed by atoms with Crippen LogP contribution in [0.25, 0.3) is 0 Å². The fourth-order valence-corrected chi connectivity index (χ4v) is 4.15. The lowest BCUT2D eigenvalue weighted by Crippen LogP contribution is -2.29. The van der Waals surface area contributed by atoms with Crippen LogP contribution in [0.5, 0.6) is 0 Å². The van der Waals surface area contributed by atoms with Gasteiger partial charge in [0.2, 0.25) is 5.78 Å². The highest BCUT2D eigenvalue weighted by Gasteiger charge is 2.37. The summed E-state index contributed by atoms with van der Waals surface area (Å²) < 4.78 is 5.60. The number of nitro groups is 1. The number of imide groups is 1. The van der Waals surface area contributed by atoms with E-state index in [-0.39, 0.29) is 33.5 Å². The molecule has 1 heterocycles. The van der Waals surface area contributed by atoms with Crippen LogP contribution in [0.2, 0.25) is 0 Å². The average molecular weight is 506 g/mol. The van der Waals surface area contributed by atoms with Crippen LogP contribution in [0.1, 0.15) is 53.1 Å². The monoisotopic (exact) mass is 506 g/mol. The van der Waals surface area contributed by atoms with Crippen molar-refractivity contribution < 1.29 is 28.8 Å². The first kappa shape index (κ1) is 24.3. The van der Waals surface area contributed by atoms with Gasteiger partial charge in [0.1, 0.15) is 0 Å². The van der Waals surface area contributed by atoms with Crippen LogP contribution in [0.4, 0.5) is 11.4 Å². The number of rotatable bonds is 7. The fourth-order valence-electron chi connectivity index (χ4n) is 4.15. The maximum absolute atomic E-state index is 13.3. The number of nitro benzene ring substituents is 1. The Hall–Kier alpha value is -5.44. The first-order valence-electron chi connectivity index (χ1n) is 11.5. The van der Waals surface area contributed by atoms with Crippen LogP contribution in [0.15, 0.2) is 103 Å². The molecule has 5 rings (SSSR count). The van der Waals surface area contributed by atoms with Gasteiger partial charge in [-0.15, -0.1) is 0 Å². The summed E-state index contributed by atoms with van der Waals surface area (Å²) in [4.78, 5) is 63.9. The molecule has 186 valence electrons. The van der Waals surface area contributed by atoms with E-state index in [9.17, 15) is 29.3 Å². The normalized spacial score (nSPS) is 13.1. The Kier molecular flexibility index (Phi) is 6.32. The molecule has 0 unspecified atom stereocenters. The van der Waals surface area contributed by atoms with Crippen molar-refractivity contribution in [2.75, 3.05) is 4.90 Å². The molecule has 1 atom stereocenters. The minimum atomic E-state index is -1.41. The van der Waals surface area contributed by atoms with Gasteiger partial charge in [0.25, 0.3) is 17.5 Å². The number of carbonyl (C=O) groups excluding carboxylic acids is 4. The molecule has 0 spiro atoms. The fraction of sp³-hybridized carbons (Fsp3) is 0.0345. The zero-order valence-corrected chi connectivity index (χ0v) is 19.6. The van der Waals surface area contributed by atoms with E-state index in [4.69, 9.17) is 4.74 Å². The van der Waals surface area contributed by atoms with Gasteiger partial charge in [-0.3, -0.25) is 24.5 Å². The van der Waals surface area contributed by atoms with Crippen molar-refractivity contribution in [3.05, 3.63) is 141 Å². The molecule has 0 aliphatic carbocycles. The smallest absolute Gasteiger partial charge is 0.339 e. The molecule has 0 radical (unpaired) electrons. The molecule has 4 aromatic rings. The summed E-state index contributed by atoms with van der Waals surface area (Å²) in [6, 6.07) is 25.7. The third-order valence-corrected chi connectivity index (χ3v) is 6.06. The molecule has 0 aromatic heterocycles. The second kappa shape index (κ2) is 9.90. The Morgan fingerprint density at radius 3 is 1.97 bits per heavy atom. The van der Waals surface area contributed by atoms with Crippen molar-refractivity contribution in [2.24, 2.45) is 0 Å². The van der Waals surface area contributed by atoms with Gasteiger partial charge in [-0.2, -0.15) is 0 Å². The summed E-state index contributed by atoms with van der Waals surface area (Å²) in [5.41, 5.74) is 0.868. The lowest BCUT2D eigenvalue weighted by molar-refractivity contribution is -0.384. The molecular weight excluding hydrogens is 488 g/mol. The Labute approximate surface area is 216 Å². The topological polar surface area (TPSA) is 124 Å². The minimum absolute atomic E-state index is 0.0346. The Morgan fingerprint density at radius 1 is 0.737 bits per heavy atom. The van der Waals surface area contributed by atoms with Crippen molar-refractivity contribution in [2.45, 2.75) is 6.10 Å². The van der Waals surface area contributed by atoms with E-state index in [2.05, 4.69) is 0 Å². The van der Waals surface area contributed by atoms with Crippen LogP contribution in [0.3, 0.4) is 0 Å². The summed E-state index contributed by atoms with van der Waals surface area (Å²) in [5, 5.41) is 11.1. The van der Waals surface area contributed by atoms with E-state index in [0.29, 0.717) is 5.69 Å². The number of hydrogen-bond donors (Lipinski definition) is 0. The second-order valence-electron chi connectivity index (χ2n) is 8.41. The summed E-state index contributed by atoms with van der Waals surface area (Å²) in [7, 11) is 0. The number of ether oxygens (including phenoxy) is 1. The first-order valence-corrected chi connectivity index (χ1v) is 11.5. The number of anilines is 1. The highest BCUT2D eigenvalue weighted by molar-refractivity contribution is 6.34. The SMILES string of the molecule is O=C(O[C@@H](C(=O)c1ccccc1)c1ccc([N+](=O)[O-])cc1)c1ccc2c(c1)C(=O)N(c1ccccc1)C2=O. The molecule has 1 aliphatic rings. The molecular formula is C29H18N2O7. The number of benzene rings is 4. The van der Waals surface area contributed by atoms with Crippen LogP contribution >= 0.6 is 0 Å². The van der Waals surface area contributed by atoms with Crippen LogP contribution < -0.4 is 4.90 Å².